The summed E-state index contributed by atoms with van der Waals surface area (Å²) in [5, 5.41) is 0. The van der Waals surface area contributed by atoms with Crippen LogP contribution in [0.2, 0.25) is 0 Å². The zero-order chi connectivity index (χ0) is 12.1. The third-order valence-electron chi connectivity index (χ3n) is 0.663. The van der Waals surface area contributed by atoms with Crippen LogP contribution in [0.15, 0.2) is 0 Å². The van der Waals surface area contributed by atoms with Gasteiger partial charge in [0.2, 0.25) is 10.0 Å². The molecule has 86 valence electrons. The van der Waals surface area contributed by atoms with E-state index >= 15 is 0 Å². The predicted molar refractivity (Wildman–Crippen MR) is 62.6 cm³/mol. The first-order valence-corrected chi connectivity index (χ1v) is 6.67. The lowest BCUT2D eigenvalue weighted by Gasteiger charge is -2.02. The van der Waals surface area contributed by atoms with Gasteiger partial charge in [-0.25, -0.2) is 12.7 Å². The lowest BCUT2D eigenvalue weighted by molar-refractivity contribution is 0.527. The molecule has 0 aromatic rings. The Bertz CT molecular complexity index is 140. The van der Waals surface area contributed by atoms with Crippen molar-refractivity contribution in [3.05, 3.63) is 0 Å². The highest BCUT2D eigenvalue weighted by molar-refractivity contribution is 7.88. The van der Waals surface area contributed by atoms with Crippen LogP contribution >= 0.6 is 0 Å². The van der Waals surface area contributed by atoms with Gasteiger partial charge in [-0.3, -0.25) is 0 Å². The highest BCUT2D eigenvalue weighted by Gasteiger charge is 2.00. The maximum absolute atomic E-state index is 10.3. The van der Waals surface area contributed by atoms with Gasteiger partial charge in [-0.2, -0.15) is 0 Å². The molecule has 0 aliphatic carbocycles. The minimum absolute atomic E-state index is 1.16. The molecule has 4 heteroatoms. The minimum Gasteiger partial charge on any atom is -0.213 e. The van der Waals surface area contributed by atoms with Gasteiger partial charge in [-0.15, -0.1) is 0 Å². The first-order valence-electron chi connectivity index (χ1n) is 4.82. The van der Waals surface area contributed by atoms with Gasteiger partial charge in [0.15, 0.2) is 0 Å². The molecule has 0 saturated heterocycles. The van der Waals surface area contributed by atoms with Gasteiger partial charge in [0, 0.05) is 14.1 Å². The Kier molecular flexibility index (Phi) is 31.7. The van der Waals surface area contributed by atoms with Crippen LogP contribution in [0.25, 0.3) is 0 Å². The van der Waals surface area contributed by atoms with Crippen LogP contribution in [0.1, 0.15) is 41.5 Å². The van der Waals surface area contributed by atoms with Gasteiger partial charge in [0.05, 0.1) is 6.26 Å². The second-order valence-corrected chi connectivity index (χ2v) is 3.74. The number of nitrogens with zero attached hydrogens (tertiary/aromatic N) is 1. The van der Waals surface area contributed by atoms with Crippen molar-refractivity contribution in [3.8, 4) is 0 Å². The van der Waals surface area contributed by atoms with Crippen molar-refractivity contribution in [2.45, 2.75) is 41.5 Å². The number of sulfonamides is 1. The van der Waals surface area contributed by atoms with Crippen LogP contribution in [0.5, 0.6) is 0 Å². The van der Waals surface area contributed by atoms with Gasteiger partial charge in [0.1, 0.15) is 0 Å². The molecule has 0 fully saturated rings. The molecule has 0 saturated carbocycles. The molecule has 0 aliphatic heterocycles. The maximum Gasteiger partial charge on any atom is 0.210 e. The van der Waals surface area contributed by atoms with Crippen molar-refractivity contribution in [2.24, 2.45) is 0 Å². The van der Waals surface area contributed by atoms with E-state index < -0.39 is 10.0 Å². The van der Waals surface area contributed by atoms with E-state index in [4.69, 9.17) is 0 Å². The van der Waals surface area contributed by atoms with Gasteiger partial charge in [0.25, 0.3) is 0 Å². The summed E-state index contributed by atoms with van der Waals surface area (Å²) in [6, 6.07) is 0. The van der Waals surface area contributed by atoms with E-state index in [0.29, 0.717) is 0 Å². The molecule has 0 heterocycles. The summed E-state index contributed by atoms with van der Waals surface area (Å²) < 4.78 is 21.7. The number of rotatable bonds is 1. The van der Waals surface area contributed by atoms with Crippen molar-refractivity contribution < 1.29 is 8.42 Å². The molecule has 0 rings (SSSR count). The molecule has 13 heavy (non-hydrogen) atoms. The van der Waals surface area contributed by atoms with Crippen molar-refractivity contribution in [1.29, 1.82) is 0 Å². The summed E-state index contributed by atoms with van der Waals surface area (Å²) in [4.78, 5) is 0. The highest BCUT2D eigenvalue weighted by atomic mass is 32.2. The average molecular weight is 213 g/mol. The molecular weight excluding hydrogens is 186 g/mol. The molecule has 0 N–H and O–H groups in total. The Morgan fingerprint density at radius 3 is 0.846 bits per heavy atom. The molecule has 0 atom stereocenters. The molecule has 0 unspecified atom stereocenters. The molecule has 0 aromatic carbocycles. The summed E-state index contributed by atoms with van der Waals surface area (Å²) >= 11 is 0. The Balaban J connectivity index is -0.0000000573. The molecule has 0 bridgehead atoms. The lowest BCUT2D eigenvalue weighted by Crippen LogP contribution is -2.19. The van der Waals surface area contributed by atoms with E-state index in [1.165, 1.54) is 14.1 Å². The zero-order valence-electron chi connectivity index (χ0n) is 10.7. The number of hydrogen-bond donors (Lipinski definition) is 0. The third kappa shape index (κ3) is 33.5. The van der Waals surface area contributed by atoms with Crippen LogP contribution in [-0.4, -0.2) is 33.1 Å². The second kappa shape index (κ2) is 17.9. The third-order valence-corrected chi connectivity index (χ3v) is 1.99. The molecular formula is C9H27NO2S. The highest BCUT2D eigenvalue weighted by Crippen LogP contribution is 1.82. The van der Waals surface area contributed by atoms with Crippen molar-refractivity contribution in [2.75, 3.05) is 20.4 Å². The van der Waals surface area contributed by atoms with Crippen molar-refractivity contribution in [3.63, 3.8) is 0 Å². The van der Waals surface area contributed by atoms with Gasteiger partial charge < -0.3 is 0 Å². The summed E-state index contributed by atoms with van der Waals surface area (Å²) in [7, 11) is 0.0833. The fourth-order valence-electron chi connectivity index (χ4n) is 0. The average Bonchev–Trinajstić information content (AvgIpc) is 2.13. The Morgan fingerprint density at radius 2 is 0.846 bits per heavy atom. The van der Waals surface area contributed by atoms with Gasteiger partial charge in [-0.05, 0) is 0 Å². The van der Waals surface area contributed by atoms with E-state index in [0.717, 1.165) is 10.6 Å². The monoisotopic (exact) mass is 213 g/mol. The van der Waals surface area contributed by atoms with Gasteiger partial charge in [-0.1, -0.05) is 41.5 Å². The first kappa shape index (κ1) is 23.1. The summed E-state index contributed by atoms with van der Waals surface area (Å²) in [6.07, 6.45) is 1.16. The van der Waals surface area contributed by atoms with Crippen molar-refractivity contribution >= 4 is 10.0 Å². The van der Waals surface area contributed by atoms with E-state index in [9.17, 15) is 8.42 Å². The normalized spacial score (nSPS) is 8.15. The van der Waals surface area contributed by atoms with Crippen LogP contribution in [-0.2, 0) is 10.0 Å². The number of hydrogen-bond acceptors (Lipinski definition) is 2. The van der Waals surface area contributed by atoms with E-state index in [1.807, 2.05) is 41.5 Å². The molecule has 0 spiro atoms. The summed E-state index contributed by atoms with van der Waals surface area (Å²) in [5.74, 6) is 0. The first-order chi connectivity index (χ1) is 5.94. The molecule has 3 nitrogen and oxygen atoms in total. The van der Waals surface area contributed by atoms with E-state index in [2.05, 4.69) is 0 Å². The van der Waals surface area contributed by atoms with Gasteiger partial charge >= 0.3 is 0 Å². The molecule has 0 aromatic heterocycles. The molecule has 0 aliphatic rings. The molecule has 0 radical (unpaired) electrons. The summed E-state index contributed by atoms with van der Waals surface area (Å²) in [6.45, 7) is 12.0. The molecule has 0 amide bonds. The topological polar surface area (TPSA) is 37.4 Å². The Hall–Kier alpha value is -0.0900. The van der Waals surface area contributed by atoms with E-state index in [-0.39, 0.29) is 0 Å². The Labute approximate surface area is 85.2 Å². The fraction of sp³-hybridized carbons (Fsp3) is 1.00. The zero-order valence-corrected chi connectivity index (χ0v) is 11.5. The predicted octanol–water partition coefficient (Wildman–Crippen LogP) is 2.59. The van der Waals surface area contributed by atoms with Crippen LogP contribution in [0.3, 0.4) is 0 Å². The SMILES string of the molecule is CC.CC.CC.CN(C)S(C)(=O)=O. The largest absolute Gasteiger partial charge is 0.213 e. The summed E-state index contributed by atoms with van der Waals surface area (Å²) in [5.41, 5.74) is 0. The smallest absolute Gasteiger partial charge is 0.210 e. The standard InChI is InChI=1S/C3H9NO2S.3C2H6/c1-4(2)7(3,5)6;3*1-2/h1-3H3;3*1-2H3. The van der Waals surface area contributed by atoms with E-state index in [1.54, 1.807) is 0 Å². The lowest BCUT2D eigenvalue weighted by atomic mass is 11.0. The maximum atomic E-state index is 10.3. The minimum atomic E-state index is -2.91. The fourth-order valence-corrected chi connectivity index (χ4v) is 0. The second-order valence-electron chi connectivity index (χ2n) is 1.55. The van der Waals surface area contributed by atoms with Crippen LogP contribution in [0.4, 0.5) is 0 Å². The Morgan fingerprint density at radius 1 is 0.769 bits per heavy atom. The van der Waals surface area contributed by atoms with Crippen molar-refractivity contribution in [1.82, 2.24) is 4.31 Å². The van der Waals surface area contributed by atoms with Crippen LogP contribution in [0, 0.1) is 0 Å². The quantitative estimate of drug-likeness (QED) is 0.671. The van der Waals surface area contributed by atoms with Crippen LogP contribution < -0.4 is 0 Å².